The molecule has 0 bridgehead atoms. The van der Waals surface area contributed by atoms with Crippen molar-refractivity contribution < 1.29 is 14.6 Å². The molecule has 0 saturated carbocycles. The van der Waals surface area contributed by atoms with Crippen molar-refractivity contribution in [3.63, 3.8) is 0 Å². The molecular formula is C15H16N2O3. The second-order valence-corrected chi connectivity index (χ2v) is 4.36. The summed E-state index contributed by atoms with van der Waals surface area (Å²) in [6.45, 7) is 2.09. The van der Waals surface area contributed by atoms with E-state index in [-0.39, 0.29) is 17.2 Å². The van der Waals surface area contributed by atoms with Gasteiger partial charge in [-0.15, -0.1) is 0 Å². The standard InChI is InChI=1S/C15H16N2O3/c1-10-4-3-5-12(14(10)18)15(19)17-9-11-6-7-16-13(8-11)20-2/h3-8,18H,9H2,1-2H3,(H,17,19). The summed E-state index contributed by atoms with van der Waals surface area (Å²) in [6, 6.07) is 8.61. The van der Waals surface area contributed by atoms with Crippen molar-refractivity contribution in [2.24, 2.45) is 0 Å². The van der Waals surface area contributed by atoms with Crippen LogP contribution in [0, 0.1) is 6.92 Å². The zero-order valence-electron chi connectivity index (χ0n) is 11.4. The van der Waals surface area contributed by atoms with Gasteiger partial charge in [0.25, 0.3) is 5.91 Å². The van der Waals surface area contributed by atoms with Crippen LogP contribution < -0.4 is 10.1 Å². The van der Waals surface area contributed by atoms with Crippen molar-refractivity contribution in [3.05, 3.63) is 53.2 Å². The van der Waals surface area contributed by atoms with Crippen LogP contribution in [0.25, 0.3) is 0 Å². The second-order valence-electron chi connectivity index (χ2n) is 4.36. The summed E-state index contributed by atoms with van der Waals surface area (Å²) < 4.78 is 5.02. The van der Waals surface area contributed by atoms with E-state index in [0.29, 0.717) is 18.0 Å². The Kier molecular flexibility index (Phi) is 4.20. The van der Waals surface area contributed by atoms with Gasteiger partial charge >= 0.3 is 0 Å². The third-order valence-electron chi connectivity index (χ3n) is 2.94. The van der Waals surface area contributed by atoms with Gasteiger partial charge in [0, 0.05) is 18.8 Å². The lowest BCUT2D eigenvalue weighted by atomic mass is 10.1. The first-order valence-electron chi connectivity index (χ1n) is 6.17. The average molecular weight is 272 g/mol. The molecule has 0 aliphatic rings. The molecule has 20 heavy (non-hydrogen) atoms. The number of rotatable bonds is 4. The first-order valence-corrected chi connectivity index (χ1v) is 6.17. The Labute approximate surface area is 117 Å². The molecular weight excluding hydrogens is 256 g/mol. The van der Waals surface area contributed by atoms with Gasteiger partial charge in [-0.25, -0.2) is 4.98 Å². The minimum Gasteiger partial charge on any atom is -0.507 e. The van der Waals surface area contributed by atoms with E-state index in [2.05, 4.69) is 10.3 Å². The summed E-state index contributed by atoms with van der Waals surface area (Å²) in [6.07, 6.45) is 1.62. The fraction of sp³-hybridized carbons (Fsp3) is 0.200. The van der Waals surface area contributed by atoms with Crippen LogP contribution in [0.15, 0.2) is 36.5 Å². The number of amides is 1. The number of aromatic nitrogens is 1. The smallest absolute Gasteiger partial charge is 0.255 e. The van der Waals surface area contributed by atoms with Gasteiger partial charge in [0.1, 0.15) is 5.75 Å². The van der Waals surface area contributed by atoms with Gasteiger partial charge in [-0.3, -0.25) is 4.79 Å². The Hall–Kier alpha value is -2.56. The highest BCUT2D eigenvalue weighted by Gasteiger charge is 2.12. The fourth-order valence-electron chi connectivity index (χ4n) is 1.79. The monoisotopic (exact) mass is 272 g/mol. The fourth-order valence-corrected chi connectivity index (χ4v) is 1.79. The number of hydrogen-bond acceptors (Lipinski definition) is 4. The van der Waals surface area contributed by atoms with Crippen LogP contribution in [0.1, 0.15) is 21.5 Å². The lowest BCUT2D eigenvalue weighted by Gasteiger charge is -2.09. The molecule has 1 amide bonds. The molecule has 0 aliphatic carbocycles. The molecule has 0 radical (unpaired) electrons. The molecule has 2 aromatic rings. The Bertz CT molecular complexity index is 626. The molecule has 1 aromatic carbocycles. The Morgan fingerprint density at radius 2 is 2.20 bits per heavy atom. The summed E-state index contributed by atoms with van der Waals surface area (Å²) in [5.41, 5.74) is 1.81. The number of aryl methyl sites for hydroxylation is 1. The molecule has 0 fully saturated rings. The van der Waals surface area contributed by atoms with Crippen LogP contribution in [-0.4, -0.2) is 23.1 Å². The minimum atomic E-state index is -0.318. The Morgan fingerprint density at radius 3 is 2.95 bits per heavy atom. The number of nitrogens with one attached hydrogen (secondary N) is 1. The van der Waals surface area contributed by atoms with Gasteiger partial charge in [0.05, 0.1) is 12.7 Å². The topological polar surface area (TPSA) is 71.5 Å². The molecule has 0 aliphatic heterocycles. The van der Waals surface area contributed by atoms with E-state index >= 15 is 0 Å². The van der Waals surface area contributed by atoms with Crippen molar-refractivity contribution >= 4 is 5.91 Å². The maximum Gasteiger partial charge on any atom is 0.255 e. The van der Waals surface area contributed by atoms with Gasteiger partial charge in [0.2, 0.25) is 5.88 Å². The van der Waals surface area contributed by atoms with E-state index < -0.39 is 0 Å². The maximum atomic E-state index is 12.0. The van der Waals surface area contributed by atoms with E-state index in [4.69, 9.17) is 4.74 Å². The Balaban J connectivity index is 2.06. The zero-order valence-corrected chi connectivity index (χ0v) is 11.4. The number of phenolic OH excluding ortho intramolecular Hbond substituents is 1. The second kappa shape index (κ2) is 6.06. The van der Waals surface area contributed by atoms with E-state index in [1.165, 1.54) is 7.11 Å². The van der Waals surface area contributed by atoms with E-state index in [9.17, 15) is 9.90 Å². The highest BCUT2D eigenvalue weighted by Crippen LogP contribution is 2.21. The predicted octanol–water partition coefficient (Wildman–Crippen LogP) is 2.03. The third kappa shape index (κ3) is 3.06. The molecule has 1 aromatic heterocycles. The van der Waals surface area contributed by atoms with E-state index in [1.807, 2.05) is 0 Å². The number of aromatic hydroxyl groups is 1. The number of benzene rings is 1. The Morgan fingerprint density at radius 1 is 1.40 bits per heavy atom. The zero-order chi connectivity index (χ0) is 14.5. The summed E-state index contributed by atoms with van der Waals surface area (Å²) >= 11 is 0. The molecule has 0 atom stereocenters. The number of methoxy groups -OCH3 is 1. The number of carbonyl (C=O) groups is 1. The van der Waals surface area contributed by atoms with Gasteiger partial charge < -0.3 is 15.2 Å². The number of ether oxygens (including phenoxy) is 1. The first kappa shape index (κ1) is 13.9. The molecule has 1 heterocycles. The van der Waals surface area contributed by atoms with Gasteiger partial charge in [-0.2, -0.15) is 0 Å². The molecule has 0 spiro atoms. The molecule has 0 saturated heterocycles. The van der Waals surface area contributed by atoms with Gasteiger partial charge in [0.15, 0.2) is 0 Å². The number of hydrogen-bond donors (Lipinski definition) is 2. The van der Waals surface area contributed by atoms with Crippen molar-refractivity contribution in [3.8, 4) is 11.6 Å². The first-order chi connectivity index (χ1) is 9.61. The van der Waals surface area contributed by atoms with Crippen molar-refractivity contribution in [1.29, 1.82) is 0 Å². The van der Waals surface area contributed by atoms with Crippen LogP contribution in [0.2, 0.25) is 0 Å². The number of phenols is 1. The highest BCUT2D eigenvalue weighted by atomic mass is 16.5. The molecule has 2 rings (SSSR count). The maximum absolute atomic E-state index is 12.0. The van der Waals surface area contributed by atoms with Gasteiger partial charge in [-0.05, 0) is 30.2 Å². The normalized spacial score (nSPS) is 10.1. The molecule has 2 N–H and O–H groups in total. The minimum absolute atomic E-state index is 0.0114. The highest BCUT2D eigenvalue weighted by molar-refractivity contribution is 5.97. The summed E-state index contributed by atoms with van der Waals surface area (Å²) in [5, 5.41) is 12.6. The van der Waals surface area contributed by atoms with Crippen LogP contribution in [0.3, 0.4) is 0 Å². The number of carbonyl (C=O) groups excluding carboxylic acids is 1. The van der Waals surface area contributed by atoms with Crippen molar-refractivity contribution in [2.75, 3.05) is 7.11 Å². The lowest BCUT2D eigenvalue weighted by molar-refractivity contribution is 0.0948. The molecule has 0 unspecified atom stereocenters. The summed E-state index contributed by atoms with van der Waals surface area (Å²) in [7, 11) is 1.54. The predicted molar refractivity (Wildman–Crippen MR) is 74.8 cm³/mol. The largest absolute Gasteiger partial charge is 0.507 e. The molecule has 5 heteroatoms. The van der Waals surface area contributed by atoms with Crippen LogP contribution in [0.5, 0.6) is 11.6 Å². The number of para-hydroxylation sites is 1. The van der Waals surface area contributed by atoms with E-state index in [0.717, 1.165) is 5.56 Å². The molecule has 104 valence electrons. The number of pyridine rings is 1. The summed E-state index contributed by atoms with van der Waals surface area (Å²) in [5.74, 6) is 0.189. The van der Waals surface area contributed by atoms with Gasteiger partial charge in [-0.1, -0.05) is 12.1 Å². The van der Waals surface area contributed by atoms with Crippen molar-refractivity contribution in [1.82, 2.24) is 10.3 Å². The van der Waals surface area contributed by atoms with Crippen LogP contribution >= 0.6 is 0 Å². The number of nitrogens with zero attached hydrogens (tertiary/aromatic N) is 1. The SMILES string of the molecule is COc1cc(CNC(=O)c2cccc(C)c2O)ccn1. The van der Waals surface area contributed by atoms with Crippen molar-refractivity contribution in [2.45, 2.75) is 13.5 Å². The van der Waals surface area contributed by atoms with E-state index in [1.54, 1.807) is 43.5 Å². The van der Waals surface area contributed by atoms with Crippen LogP contribution in [-0.2, 0) is 6.54 Å². The van der Waals surface area contributed by atoms with Crippen LogP contribution in [0.4, 0.5) is 0 Å². The average Bonchev–Trinajstić information content (AvgIpc) is 2.48. The summed E-state index contributed by atoms with van der Waals surface area (Å²) in [4.78, 5) is 16.0. The quantitative estimate of drug-likeness (QED) is 0.893. The lowest BCUT2D eigenvalue weighted by Crippen LogP contribution is -2.23. The third-order valence-corrected chi connectivity index (χ3v) is 2.94. The molecule has 5 nitrogen and oxygen atoms in total.